The quantitative estimate of drug-likeness (QED) is 0.0222. The Morgan fingerprint density at radius 1 is 0.333 bits per heavy atom. The van der Waals surface area contributed by atoms with Crippen molar-refractivity contribution in [1.82, 2.24) is 0 Å². The van der Waals surface area contributed by atoms with Crippen molar-refractivity contribution < 1.29 is 80.2 Å². The molecule has 0 aromatic heterocycles. The number of hydrogen-bond acceptors (Lipinski definition) is 15. The summed E-state index contributed by atoms with van der Waals surface area (Å²) in [4.78, 5) is 72.4. The fourth-order valence-electron chi connectivity index (χ4n) is 10.2. The lowest BCUT2D eigenvalue weighted by molar-refractivity contribution is -0.161. The van der Waals surface area contributed by atoms with Crippen LogP contribution in [0.25, 0.3) is 0 Å². The van der Waals surface area contributed by atoms with E-state index in [-0.39, 0.29) is 25.7 Å². The van der Waals surface area contributed by atoms with E-state index in [1.54, 1.807) is 0 Å². The number of aliphatic hydroxyl groups excluding tert-OH is 1. The van der Waals surface area contributed by atoms with E-state index in [4.69, 9.17) is 37.0 Å². The van der Waals surface area contributed by atoms with E-state index in [2.05, 4.69) is 48.5 Å². The van der Waals surface area contributed by atoms with Crippen LogP contribution in [0.3, 0.4) is 0 Å². The van der Waals surface area contributed by atoms with Crippen LogP contribution >= 0.6 is 15.6 Å². The second-order valence-electron chi connectivity index (χ2n) is 25.8. The first-order valence-corrected chi connectivity index (χ1v) is 38.4. The molecule has 87 heavy (non-hydrogen) atoms. The first-order valence-electron chi connectivity index (χ1n) is 35.4. The third-order valence-corrected chi connectivity index (χ3v) is 17.9. The fourth-order valence-corrected chi connectivity index (χ4v) is 11.7. The van der Waals surface area contributed by atoms with Gasteiger partial charge in [0, 0.05) is 25.7 Å². The lowest BCUT2D eigenvalue weighted by Gasteiger charge is -2.21. The Morgan fingerprint density at radius 2 is 0.586 bits per heavy atom. The average molecular weight is 1280 g/mol. The van der Waals surface area contributed by atoms with Gasteiger partial charge in [-0.2, -0.15) is 0 Å². The number of aliphatic hydroxyl groups is 1. The van der Waals surface area contributed by atoms with Crippen LogP contribution in [0, 0.1) is 17.8 Å². The highest BCUT2D eigenvalue weighted by molar-refractivity contribution is 7.47. The van der Waals surface area contributed by atoms with Gasteiger partial charge in [-0.25, -0.2) is 9.13 Å². The molecule has 0 spiro atoms. The molecule has 0 aliphatic heterocycles. The van der Waals surface area contributed by atoms with Gasteiger partial charge in [0.05, 0.1) is 26.4 Å². The molecule has 3 N–H and O–H groups in total. The van der Waals surface area contributed by atoms with E-state index in [0.717, 1.165) is 114 Å². The minimum absolute atomic E-state index is 0.105. The molecule has 0 amide bonds. The number of carbonyl (C=O) groups excluding carboxylic acids is 4. The van der Waals surface area contributed by atoms with E-state index < -0.39 is 97.5 Å². The molecule has 3 unspecified atom stereocenters. The van der Waals surface area contributed by atoms with Crippen molar-refractivity contribution in [2.24, 2.45) is 17.8 Å². The van der Waals surface area contributed by atoms with Gasteiger partial charge < -0.3 is 33.8 Å². The zero-order valence-electron chi connectivity index (χ0n) is 56.5. The molecule has 0 saturated heterocycles. The Hall–Kier alpha value is -1.94. The van der Waals surface area contributed by atoms with Crippen molar-refractivity contribution in [2.45, 2.75) is 356 Å². The van der Waals surface area contributed by atoms with Crippen LogP contribution in [0.1, 0.15) is 337 Å². The standard InChI is InChI=1S/C68H132O17P2/c1-8-10-11-12-13-28-35-42-49-65(70)78-55-63(85-68(73)52-45-38-31-24-18-20-26-33-40-47-60(5)6)57-82-86(74,75)80-53-62(69)54-81-87(76,77)83-58-64(56-79-66(71)50-43-36-29-22-16-14-19-25-32-39-46-59(3)4)84-67(72)51-44-37-30-23-17-15-21-27-34-41-48-61(7)9-2/h59-64,69H,8-58H2,1-7H3,(H,74,75)(H,76,77)/t61?,62-,63+,64+/m0/s1. The normalized spacial score (nSPS) is 14.6. The summed E-state index contributed by atoms with van der Waals surface area (Å²) in [7, 11) is -9.89. The van der Waals surface area contributed by atoms with Gasteiger partial charge in [0.1, 0.15) is 19.3 Å². The molecule has 17 nitrogen and oxygen atoms in total. The van der Waals surface area contributed by atoms with E-state index in [1.807, 2.05) is 0 Å². The molecule has 0 radical (unpaired) electrons. The van der Waals surface area contributed by atoms with Gasteiger partial charge in [0.2, 0.25) is 0 Å². The van der Waals surface area contributed by atoms with E-state index >= 15 is 0 Å². The minimum Gasteiger partial charge on any atom is -0.462 e. The molecule has 0 aliphatic rings. The van der Waals surface area contributed by atoms with Gasteiger partial charge in [0.25, 0.3) is 0 Å². The number of hydrogen-bond donors (Lipinski definition) is 3. The first kappa shape index (κ1) is 85.1. The lowest BCUT2D eigenvalue weighted by Crippen LogP contribution is -2.30. The van der Waals surface area contributed by atoms with Crippen LogP contribution in [0.4, 0.5) is 0 Å². The summed E-state index contributed by atoms with van der Waals surface area (Å²) in [6.45, 7) is 11.8. The van der Waals surface area contributed by atoms with E-state index in [9.17, 15) is 43.2 Å². The van der Waals surface area contributed by atoms with Crippen molar-refractivity contribution in [3.8, 4) is 0 Å². The highest BCUT2D eigenvalue weighted by Gasteiger charge is 2.30. The molecule has 516 valence electrons. The third-order valence-electron chi connectivity index (χ3n) is 16.0. The Labute approximate surface area is 530 Å². The Kier molecular flexibility index (Phi) is 57.8. The fraction of sp³-hybridized carbons (Fsp3) is 0.941. The second-order valence-corrected chi connectivity index (χ2v) is 28.7. The highest BCUT2D eigenvalue weighted by Crippen LogP contribution is 2.45. The molecule has 0 aliphatic carbocycles. The maximum absolute atomic E-state index is 13.0. The number of rotatable bonds is 66. The van der Waals surface area contributed by atoms with Crippen molar-refractivity contribution in [3.63, 3.8) is 0 Å². The van der Waals surface area contributed by atoms with Crippen LogP contribution in [-0.2, 0) is 65.4 Å². The molecular formula is C68H132O17P2. The number of phosphoric acid groups is 2. The van der Waals surface area contributed by atoms with Crippen molar-refractivity contribution in [3.05, 3.63) is 0 Å². The lowest BCUT2D eigenvalue weighted by atomic mass is 9.99. The smallest absolute Gasteiger partial charge is 0.462 e. The zero-order valence-corrected chi connectivity index (χ0v) is 58.3. The molecule has 0 aromatic rings. The monoisotopic (exact) mass is 1280 g/mol. The van der Waals surface area contributed by atoms with Crippen LogP contribution in [-0.4, -0.2) is 96.7 Å². The maximum Gasteiger partial charge on any atom is 0.472 e. The van der Waals surface area contributed by atoms with Crippen LogP contribution in [0.2, 0.25) is 0 Å². The van der Waals surface area contributed by atoms with E-state index in [0.29, 0.717) is 25.7 Å². The van der Waals surface area contributed by atoms with E-state index in [1.165, 1.54) is 141 Å². The van der Waals surface area contributed by atoms with Gasteiger partial charge in [-0.3, -0.25) is 37.3 Å². The summed E-state index contributed by atoms with van der Waals surface area (Å²) in [5.41, 5.74) is 0. The predicted molar refractivity (Wildman–Crippen MR) is 349 cm³/mol. The van der Waals surface area contributed by atoms with Gasteiger partial charge >= 0.3 is 39.5 Å². The molecule has 0 fully saturated rings. The van der Waals surface area contributed by atoms with Crippen LogP contribution in [0.15, 0.2) is 0 Å². The molecule has 0 rings (SSSR count). The number of phosphoric ester groups is 2. The first-order chi connectivity index (χ1) is 41.8. The van der Waals surface area contributed by atoms with Gasteiger partial charge in [-0.1, -0.05) is 286 Å². The molecular weight excluding hydrogens is 1150 g/mol. The Morgan fingerprint density at radius 3 is 0.874 bits per heavy atom. The van der Waals surface area contributed by atoms with Gasteiger partial charge in [-0.15, -0.1) is 0 Å². The average Bonchev–Trinajstić information content (AvgIpc) is 3.69. The summed E-state index contributed by atoms with van der Waals surface area (Å²) >= 11 is 0. The Bertz CT molecular complexity index is 1720. The molecule has 0 heterocycles. The van der Waals surface area contributed by atoms with Crippen molar-refractivity contribution in [1.29, 1.82) is 0 Å². The summed E-state index contributed by atoms with van der Waals surface area (Å²) in [5.74, 6) is 0.166. The SMILES string of the molecule is CCCCCCCCCCC(=O)OC[C@H](COP(=O)(O)OC[C@H](O)COP(=O)(O)OC[C@@H](COC(=O)CCCCCCCCCCCCC(C)C)OC(=O)CCCCCCCCCCCCC(C)CC)OC(=O)CCCCCCCCCCCC(C)C. The molecule has 0 aromatic carbocycles. The van der Waals surface area contributed by atoms with Crippen LogP contribution in [0.5, 0.6) is 0 Å². The number of esters is 4. The topological polar surface area (TPSA) is 237 Å². The molecule has 0 saturated carbocycles. The number of unbranched alkanes of at least 4 members (excludes halogenated alkanes) is 33. The summed E-state index contributed by atoms with van der Waals surface area (Å²) < 4.78 is 68.2. The number of carbonyl (C=O) groups is 4. The van der Waals surface area contributed by atoms with Gasteiger partial charge in [-0.05, 0) is 43.4 Å². The van der Waals surface area contributed by atoms with Crippen molar-refractivity contribution >= 4 is 39.5 Å². The summed E-state index contributed by atoms with van der Waals surface area (Å²) in [6.07, 6.45) is 41.6. The van der Waals surface area contributed by atoms with Gasteiger partial charge in [0.15, 0.2) is 12.2 Å². The molecule has 6 atom stereocenters. The Balaban J connectivity index is 5.24. The zero-order chi connectivity index (χ0) is 64.5. The minimum atomic E-state index is -4.95. The second kappa shape index (κ2) is 59.1. The summed E-state index contributed by atoms with van der Waals surface area (Å²) in [6, 6.07) is 0. The number of ether oxygens (including phenoxy) is 4. The maximum atomic E-state index is 13.0. The van der Waals surface area contributed by atoms with Crippen molar-refractivity contribution in [2.75, 3.05) is 39.6 Å². The van der Waals surface area contributed by atoms with Crippen LogP contribution < -0.4 is 0 Å². The third kappa shape index (κ3) is 61.3. The molecule has 0 bridgehead atoms. The largest absolute Gasteiger partial charge is 0.472 e. The molecule has 19 heteroatoms. The summed E-state index contributed by atoms with van der Waals surface area (Å²) in [5, 5.41) is 10.6. The predicted octanol–water partition coefficient (Wildman–Crippen LogP) is 19.1. The highest BCUT2D eigenvalue weighted by atomic mass is 31.2.